The van der Waals surface area contributed by atoms with Crippen molar-refractivity contribution in [1.82, 2.24) is 24.4 Å². The van der Waals surface area contributed by atoms with Gasteiger partial charge in [0.15, 0.2) is 26.8 Å². The maximum atomic E-state index is 14.5. The zero-order chi connectivity index (χ0) is 23.8. The van der Waals surface area contributed by atoms with Crippen LogP contribution in [0.1, 0.15) is 32.7 Å². The van der Waals surface area contributed by atoms with Crippen LogP contribution < -0.4 is 5.32 Å². The number of hydrogen-bond acceptors (Lipinski definition) is 8. The molecule has 10 nitrogen and oxygen atoms in total. The molecule has 0 atom stereocenters. The number of likely N-dealkylation sites (tertiary alicyclic amines) is 1. The third-order valence-electron chi connectivity index (χ3n) is 5.43. The lowest BCUT2D eigenvalue weighted by atomic mass is 10.1. The molecular formula is C21H25FN6O4S. The largest absolute Gasteiger partial charge is 0.447 e. The number of amides is 1. The number of piperidine rings is 1. The molecule has 33 heavy (non-hydrogen) atoms. The Labute approximate surface area is 190 Å². The molecule has 0 bridgehead atoms. The number of ether oxygens (including phenoxy) is 1. The Kier molecular flexibility index (Phi) is 6.19. The molecule has 12 heteroatoms. The monoisotopic (exact) mass is 476 g/mol. The summed E-state index contributed by atoms with van der Waals surface area (Å²) in [6.07, 6.45) is 5.01. The molecule has 0 spiro atoms. The van der Waals surface area contributed by atoms with Crippen molar-refractivity contribution in [3.63, 3.8) is 0 Å². The highest BCUT2D eigenvalue weighted by molar-refractivity contribution is 7.90. The van der Waals surface area contributed by atoms with Gasteiger partial charge in [-0.3, -0.25) is 0 Å². The van der Waals surface area contributed by atoms with Crippen LogP contribution in [0.25, 0.3) is 11.2 Å². The highest BCUT2D eigenvalue weighted by Gasteiger charge is 2.27. The van der Waals surface area contributed by atoms with Crippen LogP contribution in [0, 0.1) is 5.82 Å². The lowest BCUT2D eigenvalue weighted by Gasteiger charge is -2.32. The third-order valence-corrected chi connectivity index (χ3v) is 6.54. The van der Waals surface area contributed by atoms with Gasteiger partial charge in [-0.05, 0) is 44.9 Å². The molecule has 1 amide bonds. The summed E-state index contributed by atoms with van der Waals surface area (Å²) >= 11 is 0. The van der Waals surface area contributed by atoms with Gasteiger partial charge in [-0.25, -0.2) is 32.6 Å². The van der Waals surface area contributed by atoms with Gasteiger partial charge in [0.25, 0.3) is 0 Å². The van der Waals surface area contributed by atoms with Crippen molar-refractivity contribution in [2.45, 2.75) is 43.7 Å². The van der Waals surface area contributed by atoms with E-state index in [0.29, 0.717) is 42.9 Å². The minimum Gasteiger partial charge on any atom is -0.447 e. The number of benzene rings is 1. The van der Waals surface area contributed by atoms with E-state index >= 15 is 0 Å². The molecule has 2 aromatic heterocycles. The summed E-state index contributed by atoms with van der Waals surface area (Å²) in [6.45, 7) is 4.76. The molecule has 0 saturated carbocycles. The molecule has 0 aliphatic carbocycles. The molecule has 0 unspecified atom stereocenters. The Morgan fingerprint density at radius 2 is 1.94 bits per heavy atom. The van der Waals surface area contributed by atoms with E-state index in [4.69, 9.17) is 4.74 Å². The van der Waals surface area contributed by atoms with E-state index in [1.807, 2.05) is 18.4 Å². The Hall–Kier alpha value is -3.28. The lowest BCUT2D eigenvalue weighted by Crippen LogP contribution is -2.40. The predicted molar refractivity (Wildman–Crippen MR) is 120 cm³/mol. The van der Waals surface area contributed by atoms with Gasteiger partial charge in [-0.15, -0.1) is 0 Å². The van der Waals surface area contributed by atoms with Crippen molar-refractivity contribution < 1.29 is 22.3 Å². The Morgan fingerprint density at radius 1 is 1.21 bits per heavy atom. The van der Waals surface area contributed by atoms with Crippen molar-refractivity contribution in [3.8, 4) is 0 Å². The van der Waals surface area contributed by atoms with Crippen molar-refractivity contribution >= 4 is 38.6 Å². The number of fused-ring (bicyclic) bond motifs is 1. The van der Waals surface area contributed by atoms with Crippen LogP contribution in [0.2, 0.25) is 0 Å². The average Bonchev–Trinajstić information content (AvgIpc) is 3.19. The second-order valence-corrected chi connectivity index (χ2v) is 10.3. The fraction of sp³-hybridized carbons (Fsp3) is 0.429. The van der Waals surface area contributed by atoms with Crippen LogP contribution in [0.5, 0.6) is 0 Å². The van der Waals surface area contributed by atoms with E-state index in [9.17, 15) is 17.6 Å². The first-order valence-corrected chi connectivity index (χ1v) is 12.4. The van der Waals surface area contributed by atoms with Crippen LogP contribution in [-0.2, 0) is 14.6 Å². The molecule has 3 heterocycles. The van der Waals surface area contributed by atoms with Gasteiger partial charge in [0.05, 0.1) is 23.0 Å². The molecule has 4 rings (SSSR count). The SMILES string of the molecule is CC(C)OC(=O)N1CCC(n2cnc3c(Nc4ccc(S(C)(=O)=O)cc4F)ncnc32)CC1. The maximum absolute atomic E-state index is 14.5. The molecule has 1 N–H and O–H groups in total. The fourth-order valence-electron chi connectivity index (χ4n) is 3.77. The normalized spacial score (nSPS) is 15.2. The molecule has 1 fully saturated rings. The number of rotatable bonds is 5. The van der Waals surface area contributed by atoms with E-state index in [1.165, 1.54) is 18.5 Å². The lowest BCUT2D eigenvalue weighted by molar-refractivity contribution is 0.0663. The summed E-state index contributed by atoms with van der Waals surface area (Å²) in [5.41, 5.74) is 1.13. The minimum absolute atomic E-state index is 0.0777. The van der Waals surface area contributed by atoms with E-state index in [2.05, 4.69) is 20.3 Å². The van der Waals surface area contributed by atoms with Crippen molar-refractivity contribution in [3.05, 3.63) is 36.7 Å². The summed E-state index contributed by atoms with van der Waals surface area (Å²) in [5.74, 6) is -0.410. The topological polar surface area (TPSA) is 119 Å². The number of aromatic nitrogens is 4. The van der Waals surface area contributed by atoms with E-state index < -0.39 is 15.7 Å². The first-order valence-electron chi connectivity index (χ1n) is 10.5. The van der Waals surface area contributed by atoms with Crippen LogP contribution in [0.4, 0.5) is 20.7 Å². The zero-order valence-electron chi connectivity index (χ0n) is 18.5. The van der Waals surface area contributed by atoms with Gasteiger partial charge < -0.3 is 19.5 Å². The van der Waals surface area contributed by atoms with E-state index in [0.717, 1.165) is 12.3 Å². The summed E-state index contributed by atoms with van der Waals surface area (Å²) < 4.78 is 45.0. The second kappa shape index (κ2) is 8.93. The Morgan fingerprint density at radius 3 is 2.58 bits per heavy atom. The zero-order valence-corrected chi connectivity index (χ0v) is 19.3. The number of carbonyl (C=O) groups is 1. The number of nitrogens with one attached hydrogen (secondary N) is 1. The minimum atomic E-state index is -3.52. The summed E-state index contributed by atoms with van der Waals surface area (Å²) in [6, 6.07) is 3.73. The van der Waals surface area contributed by atoms with E-state index in [-0.39, 0.29) is 28.8 Å². The number of anilines is 2. The Balaban J connectivity index is 1.53. The number of carbonyl (C=O) groups excluding carboxylic acids is 1. The molecule has 1 saturated heterocycles. The van der Waals surface area contributed by atoms with Crippen molar-refractivity contribution in [2.24, 2.45) is 0 Å². The van der Waals surface area contributed by atoms with Crippen molar-refractivity contribution in [1.29, 1.82) is 0 Å². The maximum Gasteiger partial charge on any atom is 0.410 e. The van der Waals surface area contributed by atoms with Crippen LogP contribution in [0.15, 0.2) is 35.7 Å². The Bertz CT molecular complexity index is 1290. The van der Waals surface area contributed by atoms with Gasteiger partial charge in [0.1, 0.15) is 12.1 Å². The second-order valence-electron chi connectivity index (χ2n) is 8.24. The number of sulfone groups is 1. The number of hydrogen-bond donors (Lipinski definition) is 1. The number of nitrogens with zero attached hydrogens (tertiary/aromatic N) is 5. The van der Waals surface area contributed by atoms with Crippen LogP contribution in [-0.4, -0.2) is 64.4 Å². The number of halogens is 1. The van der Waals surface area contributed by atoms with E-state index in [1.54, 1.807) is 11.2 Å². The first kappa shape index (κ1) is 22.9. The highest BCUT2D eigenvalue weighted by atomic mass is 32.2. The molecule has 1 aliphatic rings. The molecule has 176 valence electrons. The van der Waals surface area contributed by atoms with Gasteiger partial charge in [-0.2, -0.15) is 0 Å². The highest BCUT2D eigenvalue weighted by Crippen LogP contribution is 2.30. The first-order chi connectivity index (χ1) is 15.6. The fourth-order valence-corrected chi connectivity index (χ4v) is 4.40. The molecule has 3 aromatic rings. The quantitative estimate of drug-likeness (QED) is 0.596. The summed E-state index contributed by atoms with van der Waals surface area (Å²) in [5, 5.41) is 2.88. The standard InChI is InChI=1S/C21H25FN6O4S/c1-13(2)32-21(29)27-8-6-14(7-9-27)28-12-25-18-19(23-11-24-20(18)28)26-17-5-4-15(10-16(17)22)33(3,30)31/h4-5,10-14H,6-9H2,1-3H3,(H,23,24,26). The van der Waals surface area contributed by atoms with Gasteiger partial charge in [-0.1, -0.05) is 0 Å². The van der Waals surface area contributed by atoms with Gasteiger partial charge in [0.2, 0.25) is 0 Å². The molecule has 0 radical (unpaired) electrons. The third kappa shape index (κ3) is 4.90. The van der Waals surface area contributed by atoms with Gasteiger partial charge >= 0.3 is 6.09 Å². The smallest absolute Gasteiger partial charge is 0.410 e. The van der Waals surface area contributed by atoms with Crippen molar-refractivity contribution in [2.75, 3.05) is 24.7 Å². The number of imidazole rings is 1. The summed E-state index contributed by atoms with van der Waals surface area (Å²) in [4.78, 5) is 26.7. The molecule has 1 aliphatic heterocycles. The van der Waals surface area contributed by atoms with Crippen LogP contribution >= 0.6 is 0 Å². The molecular weight excluding hydrogens is 451 g/mol. The summed E-state index contributed by atoms with van der Waals surface area (Å²) in [7, 11) is -3.52. The average molecular weight is 477 g/mol. The molecule has 1 aromatic carbocycles. The van der Waals surface area contributed by atoms with Gasteiger partial charge in [0, 0.05) is 25.4 Å². The predicted octanol–water partition coefficient (Wildman–Crippen LogP) is 3.29. The van der Waals surface area contributed by atoms with Crippen LogP contribution in [0.3, 0.4) is 0 Å².